The number of para-hydroxylation sites is 1. The first-order valence-electron chi connectivity index (χ1n) is 7.25. The fourth-order valence-electron chi connectivity index (χ4n) is 1.96. The Balaban J connectivity index is 1.92. The van der Waals surface area contributed by atoms with Crippen LogP contribution in [-0.2, 0) is 11.3 Å². The molecule has 1 aromatic carbocycles. The number of hydrogen-bond acceptors (Lipinski definition) is 3. The molecule has 122 valence electrons. The van der Waals surface area contributed by atoms with Gasteiger partial charge in [0, 0.05) is 11.5 Å². The van der Waals surface area contributed by atoms with Crippen molar-refractivity contribution in [1.29, 1.82) is 0 Å². The van der Waals surface area contributed by atoms with E-state index in [0.29, 0.717) is 19.1 Å². The summed E-state index contributed by atoms with van der Waals surface area (Å²) >= 11 is 11.4. The smallest absolute Gasteiger partial charge is 0.219 e. The second-order valence-electron chi connectivity index (χ2n) is 5.80. The van der Waals surface area contributed by atoms with E-state index in [9.17, 15) is 0 Å². The zero-order valence-corrected chi connectivity index (χ0v) is 14.6. The third-order valence-corrected chi connectivity index (χ3v) is 3.19. The molecule has 0 bridgehead atoms. The van der Waals surface area contributed by atoms with Crippen molar-refractivity contribution < 1.29 is 9.47 Å². The van der Waals surface area contributed by atoms with E-state index in [-0.39, 0.29) is 9.91 Å². The molecule has 1 heterocycles. The number of pyridine rings is 1. The molecule has 0 N–H and O–H groups in total. The standard InChI is InChI=1S/C18H19Cl2NO2/c1-18(2,11-16(19)20)13-22-12-14-7-6-10-17(21-14)23-15-8-4-3-5-9-15/h3-11H,12-13H2,1-2H3. The van der Waals surface area contributed by atoms with Gasteiger partial charge in [-0.15, -0.1) is 0 Å². The van der Waals surface area contributed by atoms with Crippen LogP contribution in [0.5, 0.6) is 11.6 Å². The van der Waals surface area contributed by atoms with E-state index in [1.54, 1.807) is 6.08 Å². The van der Waals surface area contributed by atoms with Crippen LogP contribution in [-0.4, -0.2) is 11.6 Å². The SMILES string of the molecule is CC(C)(C=C(Cl)Cl)COCc1cccc(Oc2ccccc2)n1. The molecular formula is C18H19Cl2NO2. The highest BCUT2D eigenvalue weighted by molar-refractivity contribution is 6.55. The fourth-order valence-corrected chi connectivity index (χ4v) is 2.55. The molecule has 0 radical (unpaired) electrons. The molecule has 0 aliphatic heterocycles. The molecule has 2 aromatic rings. The number of benzene rings is 1. The summed E-state index contributed by atoms with van der Waals surface area (Å²) in [6, 6.07) is 15.1. The van der Waals surface area contributed by atoms with Gasteiger partial charge in [-0.3, -0.25) is 0 Å². The van der Waals surface area contributed by atoms with E-state index >= 15 is 0 Å². The molecule has 0 unspecified atom stereocenters. The van der Waals surface area contributed by atoms with Gasteiger partial charge in [-0.2, -0.15) is 0 Å². The van der Waals surface area contributed by atoms with E-state index in [1.807, 2.05) is 62.4 Å². The number of halogens is 2. The van der Waals surface area contributed by atoms with Gasteiger partial charge in [0.25, 0.3) is 0 Å². The summed E-state index contributed by atoms with van der Waals surface area (Å²) < 4.78 is 11.7. The van der Waals surface area contributed by atoms with Crippen LogP contribution >= 0.6 is 23.2 Å². The first-order valence-corrected chi connectivity index (χ1v) is 8.01. The van der Waals surface area contributed by atoms with Gasteiger partial charge >= 0.3 is 0 Å². The normalized spacial score (nSPS) is 11.1. The highest BCUT2D eigenvalue weighted by Gasteiger charge is 2.16. The Bertz CT molecular complexity index is 653. The number of aromatic nitrogens is 1. The lowest BCUT2D eigenvalue weighted by molar-refractivity contribution is 0.0695. The molecule has 0 aliphatic carbocycles. The van der Waals surface area contributed by atoms with E-state index in [0.717, 1.165) is 11.4 Å². The van der Waals surface area contributed by atoms with Gasteiger partial charge in [0.15, 0.2) is 0 Å². The minimum absolute atomic E-state index is 0.239. The minimum Gasteiger partial charge on any atom is -0.439 e. The summed E-state index contributed by atoms with van der Waals surface area (Å²) in [6.45, 7) is 4.88. The van der Waals surface area contributed by atoms with Gasteiger partial charge in [-0.05, 0) is 24.3 Å². The Kier molecular flexibility index (Phi) is 6.46. The van der Waals surface area contributed by atoms with Crippen LogP contribution < -0.4 is 4.74 Å². The third kappa shape index (κ3) is 6.61. The second kappa shape index (κ2) is 8.34. The molecule has 0 amide bonds. The quantitative estimate of drug-likeness (QED) is 0.637. The molecule has 0 fully saturated rings. The van der Waals surface area contributed by atoms with Crippen LogP contribution in [0.4, 0.5) is 0 Å². The molecule has 0 aliphatic rings. The van der Waals surface area contributed by atoms with E-state index in [1.165, 1.54) is 0 Å². The molecule has 23 heavy (non-hydrogen) atoms. The highest BCUT2D eigenvalue weighted by atomic mass is 35.5. The Hall–Kier alpha value is -1.55. The first-order chi connectivity index (χ1) is 10.9. The Morgan fingerprint density at radius 2 is 1.83 bits per heavy atom. The zero-order chi connectivity index (χ0) is 16.7. The summed E-state index contributed by atoms with van der Waals surface area (Å²) in [4.78, 5) is 4.43. The van der Waals surface area contributed by atoms with Crippen molar-refractivity contribution in [2.45, 2.75) is 20.5 Å². The van der Waals surface area contributed by atoms with Crippen LogP contribution in [0.25, 0.3) is 0 Å². The first kappa shape index (κ1) is 17.8. The minimum atomic E-state index is -0.239. The van der Waals surface area contributed by atoms with Crippen molar-refractivity contribution in [2.24, 2.45) is 5.41 Å². The van der Waals surface area contributed by atoms with Crippen molar-refractivity contribution in [1.82, 2.24) is 4.98 Å². The van der Waals surface area contributed by atoms with Crippen molar-refractivity contribution in [3.63, 3.8) is 0 Å². The number of rotatable bonds is 7. The average Bonchev–Trinajstić information content (AvgIpc) is 2.47. The fraction of sp³-hybridized carbons (Fsp3) is 0.278. The van der Waals surface area contributed by atoms with Gasteiger partial charge in [-0.1, -0.05) is 61.3 Å². The summed E-state index contributed by atoms with van der Waals surface area (Å²) in [5.74, 6) is 1.29. The van der Waals surface area contributed by atoms with Crippen molar-refractivity contribution in [3.8, 4) is 11.6 Å². The van der Waals surface area contributed by atoms with Crippen LogP contribution in [0.1, 0.15) is 19.5 Å². The van der Waals surface area contributed by atoms with E-state index < -0.39 is 0 Å². The summed E-state index contributed by atoms with van der Waals surface area (Å²) in [7, 11) is 0. The predicted octanol–water partition coefficient (Wildman–Crippen LogP) is 5.74. The molecule has 0 spiro atoms. The largest absolute Gasteiger partial charge is 0.439 e. The predicted molar refractivity (Wildman–Crippen MR) is 94.0 cm³/mol. The van der Waals surface area contributed by atoms with Crippen molar-refractivity contribution in [2.75, 3.05) is 6.61 Å². The maximum Gasteiger partial charge on any atom is 0.219 e. The number of ether oxygens (including phenoxy) is 2. The Morgan fingerprint density at radius 3 is 2.52 bits per heavy atom. The molecule has 3 nitrogen and oxygen atoms in total. The summed E-state index contributed by atoms with van der Waals surface area (Å²) in [5.41, 5.74) is 0.562. The van der Waals surface area contributed by atoms with E-state index in [4.69, 9.17) is 32.7 Å². The molecule has 0 atom stereocenters. The van der Waals surface area contributed by atoms with Crippen molar-refractivity contribution >= 4 is 23.2 Å². The van der Waals surface area contributed by atoms with Crippen molar-refractivity contribution in [3.05, 3.63) is 64.8 Å². The maximum atomic E-state index is 5.71. The lowest BCUT2D eigenvalue weighted by atomic mass is 9.95. The average molecular weight is 352 g/mol. The topological polar surface area (TPSA) is 31.4 Å². The lowest BCUT2D eigenvalue weighted by Gasteiger charge is -2.20. The zero-order valence-electron chi connectivity index (χ0n) is 13.1. The number of nitrogens with zero attached hydrogens (tertiary/aromatic N) is 1. The van der Waals surface area contributed by atoms with Gasteiger partial charge in [0.1, 0.15) is 10.2 Å². The van der Waals surface area contributed by atoms with Gasteiger partial charge in [0.2, 0.25) is 5.88 Å². The maximum absolute atomic E-state index is 5.71. The van der Waals surface area contributed by atoms with E-state index in [2.05, 4.69) is 4.98 Å². The summed E-state index contributed by atoms with van der Waals surface area (Å²) in [6.07, 6.45) is 1.76. The van der Waals surface area contributed by atoms with Gasteiger partial charge in [-0.25, -0.2) is 4.98 Å². The van der Waals surface area contributed by atoms with Crippen LogP contribution in [0, 0.1) is 5.41 Å². The highest BCUT2D eigenvalue weighted by Crippen LogP contribution is 2.24. The molecule has 1 aromatic heterocycles. The van der Waals surface area contributed by atoms with Gasteiger partial charge < -0.3 is 9.47 Å². The molecule has 0 saturated carbocycles. The van der Waals surface area contributed by atoms with Crippen LogP contribution in [0.3, 0.4) is 0 Å². The van der Waals surface area contributed by atoms with Crippen LogP contribution in [0.15, 0.2) is 59.1 Å². The second-order valence-corrected chi connectivity index (χ2v) is 6.81. The van der Waals surface area contributed by atoms with Gasteiger partial charge in [0.05, 0.1) is 18.9 Å². The molecular weight excluding hydrogens is 333 g/mol. The Morgan fingerprint density at radius 1 is 1.09 bits per heavy atom. The molecule has 0 saturated heterocycles. The molecule has 2 rings (SSSR count). The molecule has 5 heteroatoms. The number of hydrogen-bond donors (Lipinski definition) is 0. The lowest BCUT2D eigenvalue weighted by Crippen LogP contribution is -2.16. The summed E-state index contributed by atoms with van der Waals surface area (Å²) in [5, 5.41) is 0. The Labute approximate surface area is 146 Å². The monoisotopic (exact) mass is 351 g/mol. The van der Waals surface area contributed by atoms with Crippen LogP contribution in [0.2, 0.25) is 0 Å². The third-order valence-electron chi connectivity index (χ3n) is 2.97.